The first-order valence-electron chi connectivity index (χ1n) is 5.68. The molecule has 0 fully saturated rings. The van der Waals surface area contributed by atoms with Gasteiger partial charge in [-0.2, -0.15) is 0 Å². The zero-order valence-electron chi connectivity index (χ0n) is 10.2. The van der Waals surface area contributed by atoms with Gasteiger partial charge in [-0.1, -0.05) is 13.8 Å². The topological polar surface area (TPSA) is 83.5 Å². The van der Waals surface area contributed by atoms with Crippen LogP contribution >= 0.6 is 0 Å². The molecular weight excluding hydrogens is 220 g/mol. The Labute approximate surface area is 97.7 Å². The van der Waals surface area contributed by atoms with E-state index in [4.69, 9.17) is 0 Å². The second-order valence-electron chi connectivity index (χ2n) is 4.61. The Balaban J connectivity index is 2.61. The van der Waals surface area contributed by atoms with Crippen molar-refractivity contribution in [2.75, 3.05) is 0 Å². The third kappa shape index (κ3) is 2.15. The Morgan fingerprint density at radius 3 is 2.65 bits per heavy atom. The van der Waals surface area contributed by atoms with E-state index in [1.165, 1.54) is 4.57 Å². The van der Waals surface area contributed by atoms with E-state index in [9.17, 15) is 9.59 Å². The van der Waals surface area contributed by atoms with E-state index in [1.54, 1.807) is 6.92 Å². The summed E-state index contributed by atoms with van der Waals surface area (Å²) in [6.45, 7) is 6.50. The van der Waals surface area contributed by atoms with Gasteiger partial charge < -0.3 is 4.98 Å². The van der Waals surface area contributed by atoms with Crippen molar-refractivity contribution in [3.8, 4) is 0 Å². The monoisotopic (exact) mass is 236 g/mol. The highest BCUT2D eigenvalue weighted by atomic mass is 16.2. The third-order valence-corrected chi connectivity index (χ3v) is 2.68. The van der Waals surface area contributed by atoms with Crippen LogP contribution in [-0.4, -0.2) is 19.5 Å². The van der Waals surface area contributed by atoms with Crippen molar-refractivity contribution in [2.45, 2.75) is 33.7 Å². The highest BCUT2D eigenvalue weighted by molar-refractivity contribution is 5.69. The smallest absolute Gasteiger partial charge is 0.330 e. The number of aryl methyl sites for hydroxylation is 2. The van der Waals surface area contributed by atoms with E-state index in [2.05, 4.69) is 28.8 Å². The van der Waals surface area contributed by atoms with Crippen molar-refractivity contribution in [3.05, 3.63) is 26.7 Å². The first-order chi connectivity index (χ1) is 7.99. The summed E-state index contributed by atoms with van der Waals surface area (Å²) in [4.78, 5) is 32.7. The van der Waals surface area contributed by atoms with E-state index in [0.29, 0.717) is 29.5 Å². The van der Waals surface area contributed by atoms with E-state index >= 15 is 0 Å². The van der Waals surface area contributed by atoms with Gasteiger partial charge in [-0.3, -0.25) is 14.3 Å². The van der Waals surface area contributed by atoms with Gasteiger partial charge in [0.2, 0.25) is 0 Å². The number of aromatic amines is 2. The zero-order valence-corrected chi connectivity index (χ0v) is 10.2. The molecule has 0 spiro atoms. The molecule has 0 bridgehead atoms. The van der Waals surface area contributed by atoms with Crippen molar-refractivity contribution >= 4 is 11.2 Å². The molecule has 6 nitrogen and oxygen atoms in total. The average Bonchev–Trinajstić information content (AvgIpc) is 2.59. The van der Waals surface area contributed by atoms with Crippen molar-refractivity contribution in [2.24, 2.45) is 5.92 Å². The summed E-state index contributed by atoms with van der Waals surface area (Å²) in [5, 5.41) is 0. The Kier molecular flexibility index (Phi) is 2.87. The maximum Gasteiger partial charge on any atom is 0.330 e. The normalized spacial score (nSPS) is 11.5. The molecule has 0 aliphatic carbocycles. The Morgan fingerprint density at radius 2 is 2.00 bits per heavy atom. The van der Waals surface area contributed by atoms with E-state index in [0.717, 1.165) is 6.42 Å². The van der Waals surface area contributed by atoms with Crippen LogP contribution in [0.15, 0.2) is 9.59 Å². The number of hydrogen-bond acceptors (Lipinski definition) is 3. The molecule has 0 amide bonds. The first-order valence-corrected chi connectivity index (χ1v) is 5.68. The minimum Gasteiger partial charge on any atom is -0.336 e. The van der Waals surface area contributed by atoms with Crippen LogP contribution in [0.4, 0.5) is 0 Å². The molecule has 0 unspecified atom stereocenters. The lowest BCUT2D eigenvalue weighted by Crippen LogP contribution is -2.30. The largest absolute Gasteiger partial charge is 0.336 e. The van der Waals surface area contributed by atoms with Gasteiger partial charge in [0.05, 0.1) is 0 Å². The number of nitrogens with zero attached hydrogens (tertiary/aromatic N) is 2. The minimum atomic E-state index is -0.411. The summed E-state index contributed by atoms with van der Waals surface area (Å²) in [6, 6.07) is 0. The van der Waals surface area contributed by atoms with Crippen LogP contribution in [0.25, 0.3) is 11.2 Å². The molecule has 0 saturated heterocycles. The SMILES string of the molecule is Cc1nc2c([nH]1)c(=O)[nH]c(=O)n2CCC(C)C. The molecule has 0 radical (unpaired) electrons. The van der Waals surface area contributed by atoms with E-state index < -0.39 is 11.2 Å². The standard InChI is InChI=1S/C11H16N4O2/c1-6(2)4-5-15-9-8(12-7(3)13-9)10(16)14-11(15)17/h6H,4-5H2,1-3H3,(H,12,13)(H,14,16,17). The highest BCUT2D eigenvalue weighted by Gasteiger charge is 2.11. The maximum absolute atomic E-state index is 11.7. The molecule has 0 aliphatic heterocycles. The van der Waals surface area contributed by atoms with Gasteiger partial charge in [-0.25, -0.2) is 9.78 Å². The molecule has 2 heterocycles. The maximum atomic E-state index is 11.7. The van der Waals surface area contributed by atoms with Crippen LogP contribution in [-0.2, 0) is 6.54 Å². The number of rotatable bonds is 3. The van der Waals surface area contributed by atoms with Crippen LogP contribution in [0.5, 0.6) is 0 Å². The summed E-state index contributed by atoms with van der Waals surface area (Å²) in [6.07, 6.45) is 0.868. The molecule has 2 rings (SSSR count). The van der Waals surface area contributed by atoms with Gasteiger partial charge in [-0.05, 0) is 19.3 Å². The molecule has 17 heavy (non-hydrogen) atoms. The van der Waals surface area contributed by atoms with Crippen molar-refractivity contribution in [1.29, 1.82) is 0 Å². The summed E-state index contributed by atoms with van der Waals surface area (Å²) in [5.41, 5.74) is 0.00352. The summed E-state index contributed by atoms with van der Waals surface area (Å²) in [7, 11) is 0. The Bertz CT molecular complexity index is 648. The molecule has 2 aromatic heterocycles. The first kappa shape index (κ1) is 11.6. The highest BCUT2D eigenvalue weighted by Crippen LogP contribution is 2.07. The molecule has 2 N–H and O–H groups in total. The fraction of sp³-hybridized carbons (Fsp3) is 0.545. The zero-order chi connectivity index (χ0) is 12.6. The van der Waals surface area contributed by atoms with Crippen molar-refractivity contribution in [3.63, 3.8) is 0 Å². The van der Waals surface area contributed by atoms with Crippen molar-refractivity contribution in [1.82, 2.24) is 19.5 Å². The molecular formula is C11H16N4O2. The predicted octanol–water partition coefficient (Wildman–Crippen LogP) is 0.767. The fourth-order valence-electron chi connectivity index (χ4n) is 1.75. The average molecular weight is 236 g/mol. The number of aromatic nitrogens is 4. The molecule has 2 aromatic rings. The van der Waals surface area contributed by atoms with Gasteiger partial charge in [0.25, 0.3) is 5.56 Å². The second kappa shape index (κ2) is 4.20. The lowest BCUT2D eigenvalue weighted by atomic mass is 10.1. The number of fused-ring (bicyclic) bond motifs is 1. The molecule has 6 heteroatoms. The second-order valence-corrected chi connectivity index (χ2v) is 4.61. The van der Waals surface area contributed by atoms with Crippen LogP contribution < -0.4 is 11.2 Å². The molecule has 92 valence electrons. The van der Waals surface area contributed by atoms with Gasteiger partial charge in [0, 0.05) is 6.54 Å². The Morgan fingerprint density at radius 1 is 1.29 bits per heavy atom. The predicted molar refractivity (Wildman–Crippen MR) is 65.2 cm³/mol. The number of nitrogens with one attached hydrogen (secondary N) is 2. The van der Waals surface area contributed by atoms with Gasteiger partial charge in [0.15, 0.2) is 5.65 Å². The molecule has 0 saturated carbocycles. The summed E-state index contributed by atoms with van der Waals surface area (Å²) in [5.74, 6) is 1.12. The lowest BCUT2D eigenvalue weighted by molar-refractivity contribution is 0.509. The van der Waals surface area contributed by atoms with Crippen LogP contribution in [0.2, 0.25) is 0 Å². The summed E-state index contributed by atoms with van der Waals surface area (Å²) >= 11 is 0. The summed E-state index contributed by atoms with van der Waals surface area (Å²) < 4.78 is 1.51. The van der Waals surface area contributed by atoms with Crippen LogP contribution in [0.1, 0.15) is 26.1 Å². The Hall–Kier alpha value is -1.85. The van der Waals surface area contributed by atoms with Crippen LogP contribution in [0, 0.1) is 12.8 Å². The van der Waals surface area contributed by atoms with E-state index in [1.807, 2.05) is 0 Å². The third-order valence-electron chi connectivity index (χ3n) is 2.68. The van der Waals surface area contributed by atoms with Gasteiger partial charge in [-0.15, -0.1) is 0 Å². The van der Waals surface area contributed by atoms with Gasteiger partial charge in [0.1, 0.15) is 11.3 Å². The van der Waals surface area contributed by atoms with Crippen molar-refractivity contribution < 1.29 is 0 Å². The van der Waals surface area contributed by atoms with Crippen LogP contribution in [0.3, 0.4) is 0 Å². The molecule has 0 atom stereocenters. The molecule has 0 aliphatic rings. The number of H-pyrrole nitrogens is 2. The van der Waals surface area contributed by atoms with E-state index in [-0.39, 0.29) is 0 Å². The fourth-order valence-corrected chi connectivity index (χ4v) is 1.75. The minimum absolute atomic E-state index is 0.367. The quantitative estimate of drug-likeness (QED) is 0.825. The molecule has 0 aromatic carbocycles. The number of imidazole rings is 1. The number of hydrogen-bond donors (Lipinski definition) is 2. The van der Waals surface area contributed by atoms with Gasteiger partial charge >= 0.3 is 5.69 Å². The lowest BCUT2D eigenvalue weighted by Gasteiger charge is -2.07.